The standard InChI is InChI=1S/C24H27Cl2N3O2/c25-17-6-3-5-16(11-17)12-23(30)27-18-13-19-7-4-8-20(14-18)29(19)15-24(31)28-22-10-2-1-9-21(22)26/h1-3,5-6,9-11,18-20H,4,7-8,12-15H2,(H,27,30)(H,28,31). The lowest BCUT2D eigenvalue weighted by Crippen LogP contribution is -2.58. The number of rotatable bonds is 6. The summed E-state index contributed by atoms with van der Waals surface area (Å²) in [6.07, 6.45) is 5.35. The molecule has 2 aromatic rings. The molecule has 2 heterocycles. The number of amides is 2. The molecule has 2 saturated heterocycles. The van der Waals surface area contributed by atoms with Gasteiger partial charge in [0.2, 0.25) is 11.8 Å². The summed E-state index contributed by atoms with van der Waals surface area (Å²) in [5.74, 6) is -0.0244. The third kappa shape index (κ3) is 5.79. The van der Waals surface area contributed by atoms with Crippen molar-refractivity contribution in [1.82, 2.24) is 10.2 Å². The van der Waals surface area contributed by atoms with Gasteiger partial charge in [0.25, 0.3) is 0 Å². The van der Waals surface area contributed by atoms with Crippen molar-refractivity contribution in [2.24, 2.45) is 0 Å². The van der Waals surface area contributed by atoms with Crippen molar-refractivity contribution >= 4 is 40.7 Å². The zero-order chi connectivity index (χ0) is 21.8. The van der Waals surface area contributed by atoms with Crippen molar-refractivity contribution in [3.63, 3.8) is 0 Å². The highest BCUT2D eigenvalue weighted by Gasteiger charge is 2.39. The number of nitrogens with one attached hydrogen (secondary N) is 2. The third-order valence-electron chi connectivity index (χ3n) is 6.22. The van der Waals surface area contributed by atoms with Crippen LogP contribution < -0.4 is 10.6 Å². The van der Waals surface area contributed by atoms with Gasteiger partial charge in [0.1, 0.15) is 0 Å². The Kier molecular flexibility index (Phi) is 7.16. The summed E-state index contributed by atoms with van der Waals surface area (Å²) in [6, 6.07) is 15.4. The van der Waals surface area contributed by atoms with E-state index in [1.165, 1.54) is 6.42 Å². The number of benzene rings is 2. The monoisotopic (exact) mass is 459 g/mol. The minimum absolute atomic E-state index is 0.0234. The van der Waals surface area contributed by atoms with Crippen LogP contribution in [-0.2, 0) is 16.0 Å². The van der Waals surface area contributed by atoms with E-state index in [1.807, 2.05) is 42.5 Å². The summed E-state index contributed by atoms with van der Waals surface area (Å²) in [5.41, 5.74) is 1.56. The molecule has 2 N–H and O–H groups in total. The van der Waals surface area contributed by atoms with Gasteiger partial charge in [-0.15, -0.1) is 0 Å². The van der Waals surface area contributed by atoms with Crippen molar-refractivity contribution in [3.05, 3.63) is 64.1 Å². The average molecular weight is 460 g/mol. The lowest BCUT2D eigenvalue weighted by molar-refractivity contribution is -0.124. The summed E-state index contributed by atoms with van der Waals surface area (Å²) in [7, 11) is 0. The molecule has 0 spiro atoms. The van der Waals surface area contributed by atoms with Gasteiger partial charge in [0.05, 0.1) is 23.7 Å². The molecule has 31 heavy (non-hydrogen) atoms. The first-order valence-electron chi connectivity index (χ1n) is 10.8. The minimum atomic E-state index is -0.0477. The summed E-state index contributed by atoms with van der Waals surface area (Å²) in [4.78, 5) is 27.5. The van der Waals surface area contributed by atoms with Crippen LogP contribution in [0, 0.1) is 0 Å². The molecule has 4 rings (SSSR count). The molecule has 7 heteroatoms. The van der Waals surface area contributed by atoms with Gasteiger partial charge in [-0.05, 0) is 55.5 Å². The SMILES string of the molecule is O=C(CN1C2CCCC1CC(NC(=O)Cc1cccc(Cl)c1)C2)Nc1ccccc1Cl. The van der Waals surface area contributed by atoms with Crippen LogP contribution in [0.25, 0.3) is 0 Å². The number of halogens is 2. The molecular formula is C24H27Cl2N3O2. The first-order chi connectivity index (χ1) is 15.0. The molecule has 2 aliphatic heterocycles. The van der Waals surface area contributed by atoms with Crippen molar-refractivity contribution in [2.45, 2.75) is 56.7 Å². The molecule has 164 valence electrons. The van der Waals surface area contributed by atoms with E-state index in [2.05, 4.69) is 15.5 Å². The third-order valence-corrected chi connectivity index (χ3v) is 6.78. The molecular weight excluding hydrogens is 433 g/mol. The van der Waals surface area contributed by atoms with Crippen LogP contribution >= 0.6 is 23.2 Å². The first-order valence-corrected chi connectivity index (χ1v) is 11.6. The van der Waals surface area contributed by atoms with Crippen LogP contribution in [0.4, 0.5) is 5.69 Å². The molecule has 0 aliphatic carbocycles. The lowest BCUT2D eigenvalue weighted by Gasteiger charge is -2.48. The first kappa shape index (κ1) is 22.1. The van der Waals surface area contributed by atoms with E-state index in [0.717, 1.165) is 31.2 Å². The molecule has 2 amide bonds. The molecule has 2 aliphatic rings. The van der Waals surface area contributed by atoms with Gasteiger partial charge < -0.3 is 10.6 Å². The number of hydrogen-bond donors (Lipinski definition) is 2. The van der Waals surface area contributed by atoms with Crippen LogP contribution in [0.5, 0.6) is 0 Å². The summed E-state index contributed by atoms with van der Waals surface area (Å²) in [6.45, 7) is 0.351. The number of carbonyl (C=O) groups excluding carboxylic acids is 2. The fourth-order valence-corrected chi connectivity index (χ4v) is 5.28. The van der Waals surface area contributed by atoms with Gasteiger partial charge >= 0.3 is 0 Å². The van der Waals surface area contributed by atoms with Crippen molar-refractivity contribution < 1.29 is 9.59 Å². The van der Waals surface area contributed by atoms with Gasteiger partial charge in [-0.1, -0.05) is 53.9 Å². The molecule has 2 atom stereocenters. The van der Waals surface area contributed by atoms with Gasteiger partial charge in [-0.2, -0.15) is 0 Å². The van der Waals surface area contributed by atoms with Crippen molar-refractivity contribution in [2.75, 3.05) is 11.9 Å². The number of nitrogens with zero attached hydrogens (tertiary/aromatic N) is 1. The second-order valence-corrected chi connectivity index (χ2v) is 9.33. The lowest BCUT2D eigenvalue weighted by atomic mass is 9.81. The van der Waals surface area contributed by atoms with Gasteiger partial charge in [-0.3, -0.25) is 14.5 Å². The number of hydrogen-bond acceptors (Lipinski definition) is 3. The van der Waals surface area contributed by atoms with Crippen LogP contribution in [-0.4, -0.2) is 41.4 Å². The highest BCUT2D eigenvalue weighted by atomic mass is 35.5. The average Bonchev–Trinajstić information content (AvgIpc) is 2.70. The molecule has 2 fully saturated rings. The maximum Gasteiger partial charge on any atom is 0.238 e. The number of anilines is 1. The van der Waals surface area contributed by atoms with Crippen LogP contribution in [0.15, 0.2) is 48.5 Å². The number of piperidine rings is 2. The van der Waals surface area contributed by atoms with E-state index in [1.54, 1.807) is 6.07 Å². The van der Waals surface area contributed by atoms with E-state index in [9.17, 15) is 9.59 Å². The Morgan fingerprint density at radius 1 is 0.968 bits per heavy atom. The van der Waals surface area contributed by atoms with E-state index in [4.69, 9.17) is 23.2 Å². The quantitative estimate of drug-likeness (QED) is 0.659. The number of carbonyl (C=O) groups is 2. The van der Waals surface area contributed by atoms with Crippen LogP contribution in [0.3, 0.4) is 0 Å². The predicted molar refractivity (Wildman–Crippen MR) is 125 cm³/mol. The molecule has 0 saturated carbocycles. The molecule has 2 aromatic carbocycles. The normalized spacial score (nSPS) is 23.2. The molecule has 0 radical (unpaired) electrons. The molecule has 2 unspecified atom stereocenters. The summed E-state index contributed by atoms with van der Waals surface area (Å²) in [5, 5.41) is 7.32. The van der Waals surface area contributed by atoms with E-state index in [-0.39, 0.29) is 17.9 Å². The summed E-state index contributed by atoms with van der Waals surface area (Å²) >= 11 is 12.2. The van der Waals surface area contributed by atoms with Crippen LogP contribution in [0.2, 0.25) is 10.0 Å². The Labute approximate surface area is 193 Å². The Balaban J connectivity index is 1.32. The molecule has 0 aromatic heterocycles. The second kappa shape index (κ2) is 10.0. The smallest absolute Gasteiger partial charge is 0.238 e. The topological polar surface area (TPSA) is 61.4 Å². The Hall–Kier alpha value is -2.08. The van der Waals surface area contributed by atoms with Crippen molar-refractivity contribution in [3.8, 4) is 0 Å². The van der Waals surface area contributed by atoms with E-state index in [0.29, 0.717) is 40.8 Å². The molecule has 5 nitrogen and oxygen atoms in total. The fourth-order valence-electron chi connectivity index (χ4n) is 4.88. The summed E-state index contributed by atoms with van der Waals surface area (Å²) < 4.78 is 0. The van der Waals surface area contributed by atoms with E-state index < -0.39 is 0 Å². The highest BCUT2D eigenvalue weighted by molar-refractivity contribution is 6.33. The zero-order valence-electron chi connectivity index (χ0n) is 17.3. The minimum Gasteiger partial charge on any atom is -0.353 e. The van der Waals surface area contributed by atoms with Crippen molar-refractivity contribution in [1.29, 1.82) is 0 Å². The van der Waals surface area contributed by atoms with Gasteiger partial charge in [-0.25, -0.2) is 0 Å². The Bertz CT molecular complexity index is 938. The molecule has 2 bridgehead atoms. The number of fused-ring (bicyclic) bond motifs is 2. The van der Waals surface area contributed by atoms with Gasteiger partial charge in [0.15, 0.2) is 0 Å². The predicted octanol–water partition coefficient (Wildman–Crippen LogP) is 4.68. The maximum absolute atomic E-state index is 12.7. The van der Waals surface area contributed by atoms with Gasteiger partial charge in [0, 0.05) is 23.1 Å². The largest absolute Gasteiger partial charge is 0.353 e. The maximum atomic E-state index is 12.7. The number of para-hydroxylation sites is 1. The Morgan fingerprint density at radius 2 is 1.71 bits per heavy atom. The second-order valence-electron chi connectivity index (χ2n) is 8.48. The fraction of sp³-hybridized carbons (Fsp3) is 0.417. The van der Waals surface area contributed by atoms with E-state index >= 15 is 0 Å². The van der Waals surface area contributed by atoms with Crippen LogP contribution in [0.1, 0.15) is 37.7 Å². The highest BCUT2D eigenvalue weighted by Crippen LogP contribution is 2.34. The Morgan fingerprint density at radius 3 is 2.42 bits per heavy atom. The zero-order valence-corrected chi connectivity index (χ0v) is 18.8.